The molecule has 0 spiro atoms. The summed E-state index contributed by atoms with van der Waals surface area (Å²) in [6.07, 6.45) is 14.1. The van der Waals surface area contributed by atoms with Gasteiger partial charge in [-0.3, -0.25) is 0 Å². The lowest BCUT2D eigenvalue weighted by atomic mass is 9.85. The van der Waals surface area contributed by atoms with E-state index in [0.717, 1.165) is 53.9 Å². The number of benzene rings is 1. The highest BCUT2D eigenvalue weighted by atomic mass is 31.2. The highest BCUT2D eigenvalue weighted by molar-refractivity contribution is 7.45. The standard InChI is InChI=1S/C28H48O2.2H3O4P/c1-20(2)11-8-12-21(3)13-9-14-22(4)15-10-17-28(7)18-16-25-19-26(29)23(5)24(6)27(25)30-28;2*1-5(2,3)4/h19-22,29H,8-18H2,1-7H3;2*(H3,1,2,3,4)/t21-,22-,28-;;/m1../s1. The minimum atomic E-state index is -4.64. The summed E-state index contributed by atoms with van der Waals surface area (Å²) in [6.45, 7) is 15.9. The smallest absolute Gasteiger partial charge is 0.466 e. The van der Waals surface area contributed by atoms with Crippen LogP contribution in [0, 0.1) is 31.6 Å². The van der Waals surface area contributed by atoms with E-state index in [1.807, 2.05) is 13.0 Å². The van der Waals surface area contributed by atoms with Crippen LogP contribution >= 0.6 is 15.6 Å². The molecule has 0 unspecified atom stereocenters. The third-order valence-corrected chi connectivity index (χ3v) is 7.44. The quantitative estimate of drug-likeness (QED) is 0.126. The zero-order valence-electron chi connectivity index (χ0n) is 25.3. The van der Waals surface area contributed by atoms with Gasteiger partial charge in [-0.1, -0.05) is 72.6 Å². The van der Waals surface area contributed by atoms with Crippen molar-refractivity contribution in [3.8, 4) is 11.5 Å². The molecule has 1 aliphatic rings. The van der Waals surface area contributed by atoms with Crippen molar-refractivity contribution in [2.24, 2.45) is 17.8 Å². The molecule has 12 heteroatoms. The first-order valence-corrected chi connectivity index (χ1v) is 17.3. The van der Waals surface area contributed by atoms with Gasteiger partial charge in [0.1, 0.15) is 17.1 Å². The van der Waals surface area contributed by atoms with Crippen LogP contribution in [0.3, 0.4) is 0 Å². The van der Waals surface area contributed by atoms with Gasteiger partial charge in [0, 0.05) is 0 Å². The van der Waals surface area contributed by atoms with Gasteiger partial charge in [0.05, 0.1) is 0 Å². The van der Waals surface area contributed by atoms with Crippen LogP contribution in [-0.2, 0) is 15.6 Å². The zero-order valence-corrected chi connectivity index (χ0v) is 27.1. The molecular formula is C28H54O10P2. The van der Waals surface area contributed by atoms with E-state index in [-0.39, 0.29) is 5.60 Å². The number of phenolic OH excluding ortho intramolecular Hbond substituents is 1. The van der Waals surface area contributed by atoms with E-state index in [4.69, 9.17) is 43.2 Å². The maximum Gasteiger partial charge on any atom is 0.466 e. The van der Waals surface area contributed by atoms with Crippen LogP contribution in [0.5, 0.6) is 11.5 Å². The minimum absolute atomic E-state index is 0.0637. The summed E-state index contributed by atoms with van der Waals surface area (Å²) < 4.78 is 24.3. The van der Waals surface area contributed by atoms with Crippen molar-refractivity contribution in [3.63, 3.8) is 0 Å². The Morgan fingerprint density at radius 3 is 1.68 bits per heavy atom. The van der Waals surface area contributed by atoms with Crippen molar-refractivity contribution in [3.05, 3.63) is 22.8 Å². The van der Waals surface area contributed by atoms with E-state index in [1.165, 1.54) is 56.9 Å². The molecule has 236 valence electrons. The van der Waals surface area contributed by atoms with E-state index in [1.54, 1.807) is 0 Å². The van der Waals surface area contributed by atoms with Crippen molar-refractivity contribution in [1.29, 1.82) is 0 Å². The molecule has 0 saturated heterocycles. The molecule has 1 aromatic carbocycles. The van der Waals surface area contributed by atoms with Gasteiger partial charge in [-0.15, -0.1) is 0 Å². The number of fused-ring (bicyclic) bond motifs is 1. The number of rotatable bonds is 12. The molecule has 1 aliphatic heterocycles. The van der Waals surface area contributed by atoms with Crippen LogP contribution < -0.4 is 4.74 Å². The van der Waals surface area contributed by atoms with Crippen LogP contribution in [0.15, 0.2) is 6.07 Å². The summed E-state index contributed by atoms with van der Waals surface area (Å²) in [7, 11) is -9.28. The third-order valence-electron chi connectivity index (χ3n) is 7.44. The van der Waals surface area contributed by atoms with Gasteiger partial charge in [-0.25, -0.2) is 9.13 Å². The summed E-state index contributed by atoms with van der Waals surface area (Å²) in [5.74, 6) is 3.98. The van der Waals surface area contributed by atoms with Gasteiger partial charge < -0.3 is 39.2 Å². The Labute approximate surface area is 240 Å². The van der Waals surface area contributed by atoms with Gasteiger partial charge >= 0.3 is 15.6 Å². The first-order chi connectivity index (χ1) is 18.1. The first-order valence-electron chi connectivity index (χ1n) is 14.2. The molecule has 10 nitrogen and oxygen atoms in total. The van der Waals surface area contributed by atoms with E-state index in [2.05, 4.69) is 41.5 Å². The Morgan fingerprint density at radius 2 is 1.23 bits per heavy atom. The lowest BCUT2D eigenvalue weighted by Gasteiger charge is -2.37. The van der Waals surface area contributed by atoms with Crippen LogP contribution in [0.25, 0.3) is 0 Å². The molecule has 0 aromatic heterocycles. The molecule has 0 radical (unpaired) electrons. The van der Waals surface area contributed by atoms with Crippen molar-refractivity contribution < 1.29 is 48.3 Å². The van der Waals surface area contributed by atoms with Gasteiger partial charge in [-0.05, 0) is 87.0 Å². The number of hydrogen-bond acceptors (Lipinski definition) is 4. The second kappa shape index (κ2) is 17.9. The van der Waals surface area contributed by atoms with Crippen molar-refractivity contribution in [1.82, 2.24) is 0 Å². The monoisotopic (exact) mass is 612 g/mol. The van der Waals surface area contributed by atoms with Crippen LogP contribution in [-0.4, -0.2) is 40.1 Å². The third kappa shape index (κ3) is 20.0. The largest absolute Gasteiger partial charge is 0.508 e. The molecule has 2 rings (SSSR count). The number of phenols is 1. The number of aryl methyl sites for hydroxylation is 1. The van der Waals surface area contributed by atoms with Crippen molar-refractivity contribution >= 4 is 15.6 Å². The Bertz CT molecular complexity index is 936. The van der Waals surface area contributed by atoms with E-state index in [9.17, 15) is 5.11 Å². The average Bonchev–Trinajstić information content (AvgIpc) is 2.76. The highest BCUT2D eigenvalue weighted by Gasteiger charge is 2.33. The summed E-state index contributed by atoms with van der Waals surface area (Å²) in [6, 6.07) is 1.91. The number of aromatic hydroxyl groups is 1. The SMILES string of the molecule is Cc1c(O)cc2c(c1C)O[C@](C)(CCC[C@H](C)CCC[C@H](C)CCCC(C)C)CC2.O=P(O)(O)O.O=P(O)(O)O. The molecule has 7 N–H and O–H groups in total. The van der Waals surface area contributed by atoms with Gasteiger partial charge in [0.25, 0.3) is 0 Å². The minimum Gasteiger partial charge on any atom is -0.508 e. The van der Waals surface area contributed by atoms with Gasteiger partial charge in [0.15, 0.2) is 0 Å². The van der Waals surface area contributed by atoms with E-state index in [0.29, 0.717) is 5.75 Å². The molecule has 3 atom stereocenters. The lowest BCUT2D eigenvalue weighted by Crippen LogP contribution is -2.36. The number of hydrogen-bond donors (Lipinski definition) is 7. The summed E-state index contributed by atoms with van der Waals surface area (Å²) in [4.78, 5) is 43.1. The maximum absolute atomic E-state index is 10.1. The second-order valence-corrected chi connectivity index (χ2v) is 14.1. The van der Waals surface area contributed by atoms with Crippen LogP contribution in [0.4, 0.5) is 0 Å². The van der Waals surface area contributed by atoms with Gasteiger partial charge in [0.2, 0.25) is 0 Å². The molecule has 0 saturated carbocycles. The summed E-state index contributed by atoms with van der Waals surface area (Å²) >= 11 is 0. The molecule has 1 heterocycles. The maximum atomic E-state index is 10.1. The summed E-state index contributed by atoms with van der Waals surface area (Å²) in [5.41, 5.74) is 3.16. The Hall–Kier alpha value is -0.960. The molecule has 40 heavy (non-hydrogen) atoms. The average molecular weight is 613 g/mol. The summed E-state index contributed by atoms with van der Waals surface area (Å²) in [5, 5.41) is 10.1. The molecule has 0 aliphatic carbocycles. The Balaban J connectivity index is 0.00000130. The van der Waals surface area contributed by atoms with Crippen LogP contribution in [0.2, 0.25) is 0 Å². The topological polar surface area (TPSA) is 185 Å². The van der Waals surface area contributed by atoms with Crippen molar-refractivity contribution in [2.75, 3.05) is 0 Å². The molecule has 0 amide bonds. The first kappa shape index (κ1) is 39.0. The molecule has 0 bridgehead atoms. The highest BCUT2D eigenvalue weighted by Crippen LogP contribution is 2.42. The lowest BCUT2D eigenvalue weighted by molar-refractivity contribution is 0.0514. The van der Waals surface area contributed by atoms with Crippen molar-refractivity contribution in [2.45, 2.75) is 125 Å². The number of ether oxygens (including phenoxy) is 1. The molecule has 1 aromatic rings. The second-order valence-electron chi connectivity index (χ2n) is 12.1. The Morgan fingerprint density at radius 1 is 0.800 bits per heavy atom. The molecule has 0 fully saturated rings. The van der Waals surface area contributed by atoms with Crippen LogP contribution in [0.1, 0.15) is 116 Å². The normalized spacial score (nSPS) is 18.4. The predicted molar refractivity (Wildman–Crippen MR) is 158 cm³/mol. The fourth-order valence-corrected chi connectivity index (χ4v) is 4.94. The van der Waals surface area contributed by atoms with E-state index >= 15 is 0 Å². The number of phosphoric acid groups is 2. The zero-order chi connectivity index (χ0) is 31.3. The predicted octanol–water partition coefficient (Wildman–Crippen LogP) is 6.67. The van der Waals surface area contributed by atoms with E-state index < -0.39 is 15.6 Å². The molecular weight excluding hydrogens is 558 g/mol. The fraction of sp³-hybridized carbons (Fsp3) is 0.786. The Kier molecular flexibility index (Phi) is 17.4. The fourth-order valence-electron chi connectivity index (χ4n) is 4.94. The van der Waals surface area contributed by atoms with Gasteiger partial charge in [-0.2, -0.15) is 0 Å².